The first-order valence-electron chi connectivity index (χ1n) is 5.48. The molecule has 0 bridgehead atoms. The number of halogens is 1. The quantitative estimate of drug-likeness (QED) is 0.875. The number of nitrogen functional groups attached to an aromatic ring is 1. The van der Waals surface area contributed by atoms with Crippen LogP contribution in [0.25, 0.3) is 0 Å². The van der Waals surface area contributed by atoms with Gasteiger partial charge in [0.2, 0.25) is 0 Å². The number of benzene rings is 1. The molecule has 0 fully saturated rings. The molecule has 0 saturated heterocycles. The molecular formula is C12H14BrN3OS. The monoisotopic (exact) mass is 327 g/mol. The second-order valence-electron chi connectivity index (χ2n) is 3.93. The van der Waals surface area contributed by atoms with Crippen LogP contribution in [-0.4, -0.2) is 19.7 Å². The number of anilines is 1. The highest BCUT2D eigenvalue weighted by atomic mass is 79.9. The van der Waals surface area contributed by atoms with Crippen LogP contribution in [0.4, 0.5) is 5.69 Å². The Morgan fingerprint density at radius 1 is 1.44 bits per heavy atom. The number of hydrogen-bond acceptors (Lipinski definition) is 3. The fraction of sp³-hybridized carbons (Fsp3) is 0.250. The Kier molecular flexibility index (Phi) is 4.19. The van der Waals surface area contributed by atoms with Crippen molar-refractivity contribution in [2.45, 2.75) is 11.3 Å². The van der Waals surface area contributed by atoms with Crippen LogP contribution in [0.2, 0.25) is 0 Å². The Balaban J connectivity index is 2.08. The first-order valence-corrected chi connectivity index (χ1v) is 7.59. The molecule has 0 radical (unpaired) electrons. The Bertz CT molecular complexity index is 582. The van der Waals surface area contributed by atoms with Gasteiger partial charge in [0.1, 0.15) is 0 Å². The molecule has 1 atom stereocenters. The smallest absolute Gasteiger partial charge is 0.0628 e. The van der Waals surface area contributed by atoms with Gasteiger partial charge in [-0.05, 0) is 24.3 Å². The molecule has 1 unspecified atom stereocenters. The van der Waals surface area contributed by atoms with E-state index in [0.717, 1.165) is 16.6 Å². The molecule has 18 heavy (non-hydrogen) atoms. The molecule has 2 aromatic rings. The number of aromatic nitrogens is 2. The van der Waals surface area contributed by atoms with Gasteiger partial charge in [-0.1, -0.05) is 15.9 Å². The van der Waals surface area contributed by atoms with E-state index < -0.39 is 10.8 Å². The van der Waals surface area contributed by atoms with E-state index in [2.05, 4.69) is 21.0 Å². The van der Waals surface area contributed by atoms with E-state index in [-0.39, 0.29) is 0 Å². The Morgan fingerprint density at radius 3 is 2.89 bits per heavy atom. The van der Waals surface area contributed by atoms with Crippen molar-refractivity contribution in [3.8, 4) is 0 Å². The molecule has 1 aromatic heterocycles. The summed E-state index contributed by atoms with van der Waals surface area (Å²) in [5.41, 5.74) is 7.48. The summed E-state index contributed by atoms with van der Waals surface area (Å²) in [7, 11) is 0.786. The Labute approximate surface area is 117 Å². The van der Waals surface area contributed by atoms with Crippen molar-refractivity contribution < 1.29 is 4.21 Å². The summed E-state index contributed by atoms with van der Waals surface area (Å²) in [5.74, 6) is 0.542. The van der Waals surface area contributed by atoms with E-state index in [1.807, 2.05) is 25.2 Å². The zero-order chi connectivity index (χ0) is 13.1. The standard InChI is InChI=1S/C12H14BrN3OS/c1-16-10(4-6-15-16)5-7-18(17)12-8-9(13)2-3-11(12)14/h2-4,6,8H,5,7,14H2,1H3. The molecule has 6 heteroatoms. The number of hydrogen-bond donors (Lipinski definition) is 1. The van der Waals surface area contributed by atoms with E-state index in [9.17, 15) is 4.21 Å². The van der Waals surface area contributed by atoms with Crippen LogP contribution < -0.4 is 5.73 Å². The van der Waals surface area contributed by atoms with Crippen molar-refractivity contribution in [2.24, 2.45) is 7.05 Å². The van der Waals surface area contributed by atoms with E-state index in [0.29, 0.717) is 16.3 Å². The fourth-order valence-corrected chi connectivity index (χ4v) is 3.38. The van der Waals surface area contributed by atoms with E-state index >= 15 is 0 Å². The highest BCUT2D eigenvalue weighted by Gasteiger charge is 2.10. The average molecular weight is 328 g/mol. The largest absolute Gasteiger partial charge is 0.398 e. The molecule has 1 heterocycles. The summed E-state index contributed by atoms with van der Waals surface area (Å²) in [6.07, 6.45) is 2.46. The topological polar surface area (TPSA) is 60.9 Å². The average Bonchev–Trinajstić information content (AvgIpc) is 2.75. The third-order valence-corrected chi connectivity index (χ3v) is 4.60. The number of nitrogens with two attached hydrogens (primary N) is 1. The normalized spacial score (nSPS) is 12.6. The first kappa shape index (κ1) is 13.3. The summed E-state index contributed by atoms with van der Waals surface area (Å²) >= 11 is 3.36. The van der Waals surface area contributed by atoms with Crippen LogP contribution in [0.5, 0.6) is 0 Å². The second-order valence-corrected chi connectivity index (χ2v) is 6.38. The summed E-state index contributed by atoms with van der Waals surface area (Å²) in [5, 5.41) is 4.08. The maximum Gasteiger partial charge on any atom is 0.0628 e. The molecular weight excluding hydrogens is 314 g/mol. The zero-order valence-electron chi connectivity index (χ0n) is 9.97. The first-order chi connectivity index (χ1) is 8.58. The highest BCUT2D eigenvalue weighted by Crippen LogP contribution is 2.22. The van der Waals surface area contributed by atoms with Gasteiger partial charge < -0.3 is 5.73 Å². The minimum atomic E-state index is -1.09. The van der Waals surface area contributed by atoms with Gasteiger partial charge in [-0.3, -0.25) is 8.89 Å². The molecule has 0 aliphatic carbocycles. The molecule has 4 nitrogen and oxygen atoms in total. The van der Waals surface area contributed by atoms with Gasteiger partial charge in [-0.2, -0.15) is 5.10 Å². The molecule has 0 saturated carbocycles. The van der Waals surface area contributed by atoms with Crippen molar-refractivity contribution in [3.05, 3.63) is 40.6 Å². The van der Waals surface area contributed by atoms with Gasteiger partial charge in [0, 0.05) is 41.3 Å². The van der Waals surface area contributed by atoms with Crippen LogP contribution in [0.1, 0.15) is 5.69 Å². The third-order valence-electron chi connectivity index (χ3n) is 2.69. The van der Waals surface area contributed by atoms with Crippen molar-refractivity contribution in [2.75, 3.05) is 11.5 Å². The van der Waals surface area contributed by atoms with Crippen LogP contribution in [0.15, 0.2) is 39.8 Å². The van der Waals surface area contributed by atoms with Crippen molar-refractivity contribution in [3.63, 3.8) is 0 Å². The lowest BCUT2D eigenvalue weighted by Gasteiger charge is -2.06. The molecule has 0 aliphatic heterocycles. The van der Waals surface area contributed by atoms with Crippen LogP contribution in [0, 0.1) is 0 Å². The van der Waals surface area contributed by atoms with E-state index in [1.165, 1.54) is 0 Å². The van der Waals surface area contributed by atoms with E-state index in [1.54, 1.807) is 16.9 Å². The maximum absolute atomic E-state index is 12.2. The fourth-order valence-electron chi connectivity index (χ4n) is 1.66. The Morgan fingerprint density at radius 2 is 2.22 bits per heavy atom. The van der Waals surface area contributed by atoms with Crippen LogP contribution in [0.3, 0.4) is 0 Å². The van der Waals surface area contributed by atoms with Gasteiger partial charge in [0.25, 0.3) is 0 Å². The minimum Gasteiger partial charge on any atom is -0.398 e. The van der Waals surface area contributed by atoms with Crippen molar-refractivity contribution in [1.82, 2.24) is 9.78 Å². The number of nitrogens with zero attached hydrogens (tertiary/aromatic N) is 2. The molecule has 0 spiro atoms. The molecule has 2 rings (SSSR count). The van der Waals surface area contributed by atoms with Crippen molar-refractivity contribution in [1.29, 1.82) is 0 Å². The van der Waals surface area contributed by atoms with Gasteiger partial charge in [-0.25, -0.2) is 0 Å². The maximum atomic E-state index is 12.2. The van der Waals surface area contributed by atoms with Crippen LogP contribution in [-0.2, 0) is 24.3 Å². The van der Waals surface area contributed by atoms with Gasteiger partial charge in [-0.15, -0.1) is 0 Å². The number of rotatable bonds is 4. The highest BCUT2D eigenvalue weighted by molar-refractivity contribution is 9.10. The summed E-state index contributed by atoms with van der Waals surface area (Å²) in [6.45, 7) is 0. The third kappa shape index (κ3) is 3.00. The molecule has 1 aromatic carbocycles. The van der Waals surface area contributed by atoms with Gasteiger partial charge >= 0.3 is 0 Å². The summed E-state index contributed by atoms with van der Waals surface area (Å²) in [6, 6.07) is 7.36. The lowest BCUT2D eigenvalue weighted by atomic mass is 10.3. The van der Waals surface area contributed by atoms with Crippen molar-refractivity contribution >= 4 is 32.4 Å². The predicted molar refractivity (Wildman–Crippen MR) is 76.7 cm³/mol. The molecule has 0 aliphatic rings. The number of aryl methyl sites for hydroxylation is 2. The molecule has 96 valence electrons. The zero-order valence-corrected chi connectivity index (χ0v) is 12.4. The van der Waals surface area contributed by atoms with Gasteiger partial charge in [0.05, 0.1) is 15.7 Å². The van der Waals surface area contributed by atoms with Crippen LogP contribution >= 0.6 is 15.9 Å². The van der Waals surface area contributed by atoms with E-state index in [4.69, 9.17) is 5.73 Å². The SMILES string of the molecule is Cn1nccc1CCS(=O)c1cc(Br)ccc1N. The summed E-state index contributed by atoms with van der Waals surface area (Å²) < 4.78 is 14.9. The summed E-state index contributed by atoms with van der Waals surface area (Å²) in [4.78, 5) is 0.687. The molecule has 0 amide bonds. The second kappa shape index (κ2) is 5.67. The molecule has 2 N–H and O–H groups in total. The lowest BCUT2D eigenvalue weighted by Crippen LogP contribution is -2.07. The minimum absolute atomic E-state index is 0.542. The van der Waals surface area contributed by atoms with Gasteiger partial charge in [0.15, 0.2) is 0 Å². The predicted octanol–water partition coefficient (Wildman–Crippen LogP) is 2.12. The Hall–Kier alpha value is -1.14. The lowest BCUT2D eigenvalue weighted by molar-refractivity contribution is 0.678.